The molecule has 82 valence electrons. The molecule has 0 radical (unpaired) electrons. The maximum Gasteiger partial charge on any atom is 0.227 e. The highest BCUT2D eigenvalue weighted by atomic mass is 19.1. The highest BCUT2D eigenvalue weighted by molar-refractivity contribution is 5.38. The van der Waals surface area contributed by atoms with Crippen molar-refractivity contribution >= 4 is 11.8 Å². The maximum absolute atomic E-state index is 13.5. The molecule has 2 atom stereocenters. The molecule has 1 aromatic rings. The Morgan fingerprint density at radius 3 is 3.07 bits per heavy atom. The summed E-state index contributed by atoms with van der Waals surface area (Å²) in [4.78, 5) is 10.0. The summed E-state index contributed by atoms with van der Waals surface area (Å²) >= 11 is 0. The lowest BCUT2D eigenvalue weighted by Crippen LogP contribution is -2.41. The molecule has 0 spiro atoms. The molecule has 0 bridgehead atoms. The van der Waals surface area contributed by atoms with Crippen LogP contribution in [0.1, 0.15) is 13.3 Å². The minimum atomic E-state index is -0.802. The topological polar surface area (TPSA) is 55.0 Å². The van der Waals surface area contributed by atoms with Crippen molar-refractivity contribution in [3.05, 3.63) is 12.3 Å². The van der Waals surface area contributed by atoms with Crippen LogP contribution in [0.15, 0.2) is 12.3 Å². The van der Waals surface area contributed by atoms with E-state index in [1.165, 1.54) is 0 Å². The van der Waals surface area contributed by atoms with Gasteiger partial charge in [0, 0.05) is 12.7 Å². The number of anilines is 2. The fourth-order valence-electron chi connectivity index (χ4n) is 1.72. The zero-order valence-corrected chi connectivity index (χ0v) is 8.73. The van der Waals surface area contributed by atoms with Crippen molar-refractivity contribution in [2.24, 2.45) is 5.92 Å². The predicted molar refractivity (Wildman–Crippen MR) is 57.3 cm³/mol. The molecule has 1 aliphatic rings. The molecular weight excluding hydrogens is 195 g/mol. The first kappa shape index (κ1) is 10.1. The first-order valence-electron chi connectivity index (χ1n) is 5.14. The molecule has 0 amide bonds. The number of piperidine rings is 1. The Hall–Kier alpha value is -1.39. The largest absolute Gasteiger partial charge is 0.384 e. The van der Waals surface area contributed by atoms with E-state index in [0.29, 0.717) is 18.3 Å². The van der Waals surface area contributed by atoms with Crippen molar-refractivity contribution in [2.75, 3.05) is 23.7 Å². The van der Waals surface area contributed by atoms with Gasteiger partial charge in [0.05, 0.1) is 6.54 Å². The van der Waals surface area contributed by atoms with Gasteiger partial charge in [0.2, 0.25) is 5.95 Å². The van der Waals surface area contributed by atoms with Gasteiger partial charge in [0.1, 0.15) is 12.0 Å². The quantitative estimate of drug-likeness (QED) is 0.757. The maximum atomic E-state index is 13.5. The zero-order chi connectivity index (χ0) is 10.8. The molecule has 2 heterocycles. The van der Waals surface area contributed by atoms with Crippen LogP contribution in [0.3, 0.4) is 0 Å². The van der Waals surface area contributed by atoms with Gasteiger partial charge in [-0.1, -0.05) is 6.92 Å². The summed E-state index contributed by atoms with van der Waals surface area (Å²) in [5.74, 6) is 1.08. The van der Waals surface area contributed by atoms with Gasteiger partial charge in [-0.25, -0.2) is 9.37 Å². The first-order chi connectivity index (χ1) is 7.16. The Balaban J connectivity index is 2.12. The summed E-state index contributed by atoms with van der Waals surface area (Å²) in [6.07, 6.45) is 1.63. The number of alkyl halides is 1. The fourth-order valence-corrected chi connectivity index (χ4v) is 1.72. The van der Waals surface area contributed by atoms with Gasteiger partial charge in [-0.2, -0.15) is 4.98 Å². The van der Waals surface area contributed by atoms with Crippen molar-refractivity contribution in [3.8, 4) is 0 Å². The van der Waals surface area contributed by atoms with Crippen molar-refractivity contribution in [2.45, 2.75) is 19.5 Å². The van der Waals surface area contributed by atoms with Crippen LogP contribution < -0.4 is 10.6 Å². The predicted octanol–water partition coefficient (Wildman–Crippen LogP) is 1.24. The SMILES string of the molecule is CC1CCN(c2nccc(N)n2)C[C@@H]1F. The lowest BCUT2D eigenvalue weighted by molar-refractivity contribution is 0.210. The van der Waals surface area contributed by atoms with E-state index >= 15 is 0 Å². The van der Waals surface area contributed by atoms with Gasteiger partial charge >= 0.3 is 0 Å². The molecule has 1 aromatic heterocycles. The second-order valence-electron chi connectivity index (χ2n) is 4.01. The lowest BCUT2D eigenvalue weighted by atomic mass is 9.97. The van der Waals surface area contributed by atoms with Crippen LogP contribution in [0.5, 0.6) is 0 Å². The summed E-state index contributed by atoms with van der Waals surface area (Å²) in [5, 5.41) is 0. The van der Waals surface area contributed by atoms with Crippen molar-refractivity contribution in [1.82, 2.24) is 9.97 Å². The van der Waals surface area contributed by atoms with Crippen molar-refractivity contribution in [3.63, 3.8) is 0 Å². The molecule has 5 heteroatoms. The molecule has 2 rings (SSSR count). The third kappa shape index (κ3) is 2.16. The van der Waals surface area contributed by atoms with Crippen LogP contribution >= 0.6 is 0 Å². The molecule has 1 saturated heterocycles. The number of rotatable bonds is 1. The molecule has 0 saturated carbocycles. The van der Waals surface area contributed by atoms with E-state index in [4.69, 9.17) is 5.73 Å². The Bertz CT molecular complexity index is 344. The van der Waals surface area contributed by atoms with Gasteiger partial charge in [0.15, 0.2) is 0 Å². The van der Waals surface area contributed by atoms with E-state index in [1.54, 1.807) is 12.3 Å². The number of aromatic nitrogens is 2. The monoisotopic (exact) mass is 210 g/mol. The highest BCUT2D eigenvalue weighted by Gasteiger charge is 2.27. The normalized spacial score (nSPS) is 26.7. The minimum absolute atomic E-state index is 0.127. The van der Waals surface area contributed by atoms with Crippen molar-refractivity contribution < 1.29 is 4.39 Å². The van der Waals surface area contributed by atoms with Gasteiger partial charge in [-0.15, -0.1) is 0 Å². The van der Waals surface area contributed by atoms with Gasteiger partial charge in [0.25, 0.3) is 0 Å². The van der Waals surface area contributed by atoms with Crippen LogP contribution in [0.25, 0.3) is 0 Å². The fraction of sp³-hybridized carbons (Fsp3) is 0.600. The summed E-state index contributed by atoms with van der Waals surface area (Å²) in [6, 6.07) is 1.63. The van der Waals surface area contributed by atoms with Crippen LogP contribution in [0.4, 0.5) is 16.2 Å². The molecule has 1 aliphatic heterocycles. The zero-order valence-electron chi connectivity index (χ0n) is 8.73. The van der Waals surface area contributed by atoms with E-state index in [2.05, 4.69) is 9.97 Å². The van der Waals surface area contributed by atoms with Crippen LogP contribution in [-0.2, 0) is 0 Å². The summed E-state index contributed by atoms with van der Waals surface area (Å²) in [7, 11) is 0. The number of halogens is 1. The third-order valence-corrected chi connectivity index (χ3v) is 2.81. The minimum Gasteiger partial charge on any atom is -0.384 e. The van der Waals surface area contributed by atoms with Crippen molar-refractivity contribution in [1.29, 1.82) is 0 Å². The van der Waals surface area contributed by atoms with Gasteiger partial charge in [-0.05, 0) is 18.4 Å². The Morgan fingerprint density at radius 1 is 1.60 bits per heavy atom. The number of nitrogens with zero attached hydrogens (tertiary/aromatic N) is 3. The second-order valence-corrected chi connectivity index (χ2v) is 4.01. The van der Waals surface area contributed by atoms with Crippen LogP contribution in [-0.4, -0.2) is 29.2 Å². The summed E-state index contributed by atoms with van der Waals surface area (Å²) in [6.45, 7) is 3.10. The van der Waals surface area contributed by atoms with Gasteiger partial charge in [-0.3, -0.25) is 0 Å². The number of hydrogen-bond acceptors (Lipinski definition) is 4. The van der Waals surface area contributed by atoms with Gasteiger partial charge < -0.3 is 10.6 Å². The van der Waals surface area contributed by atoms with E-state index in [9.17, 15) is 4.39 Å². The standard InChI is InChI=1S/C10H15FN4/c1-7-3-5-15(6-8(7)11)10-13-4-2-9(12)14-10/h2,4,7-8H,3,5-6H2,1H3,(H2,12,13,14)/t7?,8-/m0/s1. The Morgan fingerprint density at radius 2 is 2.40 bits per heavy atom. The van der Waals surface area contributed by atoms with E-state index in [1.807, 2.05) is 11.8 Å². The highest BCUT2D eigenvalue weighted by Crippen LogP contribution is 2.22. The van der Waals surface area contributed by atoms with E-state index in [-0.39, 0.29) is 5.92 Å². The lowest BCUT2D eigenvalue weighted by Gasteiger charge is -2.32. The number of nitrogen functional groups attached to an aromatic ring is 1. The smallest absolute Gasteiger partial charge is 0.227 e. The Labute approximate surface area is 88.3 Å². The van der Waals surface area contributed by atoms with E-state index in [0.717, 1.165) is 13.0 Å². The molecule has 0 aliphatic carbocycles. The molecule has 0 aromatic carbocycles. The Kier molecular flexibility index (Phi) is 2.70. The first-order valence-corrected chi connectivity index (χ1v) is 5.14. The molecule has 2 N–H and O–H groups in total. The molecule has 1 fully saturated rings. The third-order valence-electron chi connectivity index (χ3n) is 2.81. The molecule has 1 unspecified atom stereocenters. The average molecular weight is 210 g/mol. The summed E-state index contributed by atoms with van der Waals surface area (Å²) in [5.41, 5.74) is 5.56. The molecule has 15 heavy (non-hydrogen) atoms. The number of hydrogen-bond donors (Lipinski definition) is 1. The second kappa shape index (κ2) is 4.00. The number of nitrogens with two attached hydrogens (primary N) is 1. The van der Waals surface area contributed by atoms with E-state index < -0.39 is 6.17 Å². The average Bonchev–Trinajstić information content (AvgIpc) is 2.22. The summed E-state index contributed by atoms with van der Waals surface area (Å²) < 4.78 is 13.5. The molecule has 4 nitrogen and oxygen atoms in total. The van der Waals surface area contributed by atoms with Crippen LogP contribution in [0, 0.1) is 5.92 Å². The molecular formula is C10H15FN4. The van der Waals surface area contributed by atoms with Crippen LogP contribution in [0.2, 0.25) is 0 Å².